The van der Waals surface area contributed by atoms with Crippen molar-refractivity contribution in [3.63, 3.8) is 0 Å². The number of rotatable bonds is 3. The standard InChI is InChI=1S/C19H24ClN5O/c1-14(26)24-8-2-3-16(12-24)19-22-21-18-13-23(9-10-25(18)19)11-15-4-6-17(20)7-5-15/h4-7,16H,2-3,8-13H2,1H3. The van der Waals surface area contributed by atoms with Crippen LogP contribution < -0.4 is 0 Å². The van der Waals surface area contributed by atoms with Gasteiger partial charge in [0.2, 0.25) is 5.91 Å². The van der Waals surface area contributed by atoms with Gasteiger partial charge in [-0.3, -0.25) is 9.69 Å². The first-order valence-electron chi connectivity index (χ1n) is 9.24. The van der Waals surface area contributed by atoms with Gasteiger partial charge in [-0.25, -0.2) is 0 Å². The highest BCUT2D eigenvalue weighted by atomic mass is 35.5. The van der Waals surface area contributed by atoms with Crippen molar-refractivity contribution in [1.29, 1.82) is 0 Å². The topological polar surface area (TPSA) is 54.3 Å². The second-order valence-corrected chi connectivity index (χ2v) is 7.70. The first-order chi connectivity index (χ1) is 12.6. The molecule has 1 aromatic carbocycles. The van der Waals surface area contributed by atoms with Crippen LogP contribution in [0.2, 0.25) is 5.02 Å². The average Bonchev–Trinajstić information content (AvgIpc) is 3.07. The van der Waals surface area contributed by atoms with Crippen LogP contribution in [-0.2, 0) is 24.4 Å². The highest BCUT2D eigenvalue weighted by molar-refractivity contribution is 6.30. The second-order valence-electron chi connectivity index (χ2n) is 7.27. The molecule has 2 aliphatic heterocycles. The van der Waals surface area contributed by atoms with E-state index in [9.17, 15) is 4.79 Å². The largest absolute Gasteiger partial charge is 0.342 e. The number of fused-ring (bicyclic) bond motifs is 1. The fraction of sp³-hybridized carbons (Fsp3) is 0.526. The summed E-state index contributed by atoms with van der Waals surface area (Å²) in [6.45, 7) is 6.85. The van der Waals surface area contributed by atoms with Crippen molar-refractivity contribution in [2.24, 2.45) is 0 Å². The molecular formula is C19H24ClN5O. The van der Waals surface area contributed by atoms with Gasteiger partial charge in [0.25, 0.3) is 0 Å². The van der Waals surface area contributed by atoms with E-state index in [2.05, 4.69) is 31.8 Å². The maximum atomic E-state index is 11.7. The molecule has 0 bridgehead atoms. The molecule has 6 nitrogen and oxygen atoms in total. The lowest BCUT2D eigenvalue weighted by Gasteiger charge is -2.33. The van der Waals surface area contributed by atoms with E-state index in [1.165, 1.54) is 5.56 Å². The predicted molar refractivity (Wildman–Crippen MR) is 99.8 cm³/mol. The molecule has 1 saturated heterocycles. The summed E-state index contributed by atoms with van der Waals surface area (Å²) < 4.78 is 2.27. The molecule has 4 rings (SSSR count). The van der Waals surface area contributed by atoms with Crippen molar-refractivity contribution in [2.45, 2.75) is 45.3 Å². The number of carbonyl (C=O) groups excluding carboxylic acids is 1. The lowest BCUT2D eigenvalue weighted by molar-refractivity contribution is -0.130. The van der Waals surface area contributed by atoms with Gasteiger partial charge in [0.05, 0.1) is 6.54 Å². The summed E-state index contributed by atoms with van der Waals surface area (Å²) in [5.74, 6) is 2.54. The summed E-state index contributed by atoms with van der Waals surface area (Å²) >= 11 is 5.97. The molecule has 0 saturated carbocycles. The van der Waals surface area contributed by atoms with Crippen LogP contribution in [0.1, 0.15) is 42.9 Å². The van der Waals surface area contributed by atoms with Gasteiger partial charge in [0.1, 0.15) is 11.6 Å². The maximum Gasteiger partial charge on any atom is 0.219 e. The number of hydrogen-bond acceptors (Lipinski definition) is 4. The molecule has 1 amide bonds. The molecule has 0 spiro atoms. The molecule has 1 aromatic heterocycles. The van der Waals surface area contributed by atoms with E-state index in [0.29, 0.717) is 5.92 Å². The molecule has 0 aliphatic carbocycles. The molecule has 1 atom stereocenters. The van der Waals surface area contributed by atoms with E-state index in [1.54, 1.807) is 6.92 Å². The number of hydrogen-bond donors (Lipinski definition) is 0. The number of nitrogens with zero attached hydrogens (tertiary/aromatic N) is 5. The Morgan fingerprint density at radius 1 is 1.19 bits per heavy atom. The second kappa shape index (κ2) is 7.37. The van der Waals surface area contributed by atoms with Gasteiger partial charge in [0, 0.05) is 50.6 Å². The van der Waals surface area contributed by atoms with Crippen molar-refractivity contribution in [1.82, 2.24) is 24.6 Å². The van der Waals surface area contributed by atoms with E-state index < -0.39 is 0 Å². The summed E-state index contributed by atoms with van der Waals surface area (Å²) in [4.78, 5) is 16.0. The molecule has 1 fully saturated rings. The zero-order valence-electron chi connectivity index (χ0n) is 15.1. The van der Waals surface area contributed by atoms with E-state index in [0.717, 1.165) is 68.8 Å². The lowest BCUT2D eigenvalue weighted by Crippen LogP contribution is -2.39. The van der Waals surface area contributed by atoms with Crippen molar-refractivity contribution < 1.29 is 4.79 Å². The number of halogens is 1. The van der Waals surface area contributed by atoms with Crippen LogP contribution in [0.5, 0.6) is 0 Å². The number of carbonyl (C=O) groups is 1. The summed E-state index contributed by atoms with van der Waals surface area (Å²) in [7, 11) is 0. The van der Waals surface area contributed by atoms with Gasteiger partial charge in [-0.15, -0.1) is 10.2 Å². The Morgan fingerprint density at radius 2 is 2.00 bits per heavy atom. The fourth-order valence-corrected chi connectivity index (χ4v) is 4.12. The van der Waals surface area contributed by atoms with Crippen LogP contribution >= 0.6 is 11.6 Å². The number of piperidine rings is 1. The Kier molecular flexibility index (Phi) is 4.96. The zero-order valence-corrected chi connectivity index (χ0v) is 15.8. The van der Waals surface area contributed by atoms with Crippen LogP contribution in [0, 0.1) is 0 Å². The van der Waals surface area contributed by atoms with Crippen LogP contribution in [0.4, 0.5) is 0 Å². The SMILES string of the molecule is CC(=O)N1CCCC(c2nnc3n2CCN(Cc2ccc(Cl)cc2)C3)C1. The Bertz CT molecular complexity index is 788. The third kappa shape index (κ3) is 3.62. The Balaban J connectivity index is 1.45. The molecule has 138 valence electrons. The quantitative estimate of drug-likeness (QED) is 0.830. The highest BCUT2D eigenvalue weighted by Gasteiger charge is 2.29. The smallest absolute Gasteiger partial charge is 0.219 e. The summed E-state index contributed by atoms with van der Waals surface area (Å²) in [5, 5.41) is 9.72. The maximum absolute atomic E-state index is 11.7. The number of aromatic nitrogens is 3. The van der Waals surface area contributed by atoms with Gasteiger partial charge in [0.15, 0.2) is 0 Å². The van der Waals surface area contributed by atoms with Crippen molar-refractivity contribution in [3.05, 3.63) is 46.5 Å². The minimum absolute atomic E-state index is 0.155. The van der Waals surface area contributed by atoms with E-state index in [1.807, 2.05) is 17.0 Å². The first kappa shape index (κ1) is 17.5. The Hall–Kier alpha value is -1.92. The molecule has 0 N–H and O–H groups in total. The molecule has 3 heterocycles. The van der Waals surface area contributed by atoms with Crippen molar-refractivity contribution >= 4 is 17.5 Å². The summed E-state index contributed by atoms with van der Waals surface area (Å²) in [5.41, 5.74) is 1.26. The normalized spacial score (nSPS) is 20.8. The fourth-order valence-electron chi connectivity index (χ4n) is 3.99. The van der Waals surface area contributed by atoms with Gasteiger partial charge in [-0.2, -0.15) is 0 Å². The summed E-state index contributed by atoms with van der Waals surface area (Å²) in [6.07, 6.45) is 2.12. The van der Waals surface area contributed by atoms with Gasteiger partial charge >= 0.3 is 0 Å². The van der Waals surface area contributed by atoms with Crippen LogP contribution in [-0.4, -0.2) is 50.1 Å². The van der Waals surface area contributed by atoms with Crippen molar-refractivity contribution in [3.8, 4) is 0 Å². The number of likely N-dealkylation sites (tertiary alicyclic amines) is 1. The van der Waals surface area contributed by atoms with E-state index >= 15 is 0 Å². The van der Waals surface area contributed by atoms with Crippen LogP contribution in [0.15, 0.2) is 24.3 Å². The van der Waals surface area contributed by atoms with E-state index in [-0.39, 0.29) is 5.91 Å². The van der Waals surface area contributed by atoms with Gasteiger partial charge < -0.3 is 9.47 Å². The summed E-state index contributed by atoms with van der Waals surface area (Å²) in [6, 6.07) is 8.02. The average molecular weight is 374 g/mol. The minimum Gasteiger partial charge on any atom is -0.342 e. The Labute approximate surface area is 158 Å². The third-order valence-electron chi connectivity index (χ3n) is 5.41. The van der Waals surface area contributed by atoms with Crippen LogP contribution in [0.3, 0.4) is 0 Å². The zero-order chi connectivity index (χ0) is 18.1. The Morgan fingerprint density at radius 3 is 2.77 bits per heavy atom. The monoisotopic (exact) mass is 373 g/mol. The first-order valence-corrected chi connectivity index (χ1v) is 9.62. The third-order valence-corrected chi connectivity index (χ3v) is 5.66. The van der Waals surface area contributed by atoms with Crippen LogP contribution in [0.25, 0.3) is 0 Å². The van der Waals surface area contributed by atoms with E-state index in [4.69, 9.17) is 11.6 Å². The molecule has 1 unspecified atom stereocenters. The number of amides is 1. The van der Waals surface area contributed by atoms with Gasteiger partial charge in [-0.05, 0) is 30.5 Å². The van der Waals surface area contributed by atoms with Crippen molar-refractivity contribution in [2.75, 3.05) is 19.6 Å². The highest BCUT2D eigenvalue weighted by Crippen LogP contribution is 2.28. The predicted octanol–water partition coefficient (Wildman–Crippen LogP) is 2.67. The molecular weight excluding hydrogens is 350 g/mol. The van der Waals surface area contributed by atoms with Gasteiger partial charge in [-0.1, -0.05) is 23.7 Å². The molecule has 0 radical (unpaired) electrons. The number of benzene rings is 1. The minimum atomic E-state index is 0.155. The molecule has 2 aliphatic rings. The molecule has 26 heavy (non-hydrogen) atoms. The molecule has 2 aromatic rings. The lowest BCUT2D eigenvalue weighted by atomic mass is 9.97. The molecule has 7 heteroatoms.